The molecule has 1 aromatic carbocycles. The minimum atomic E-state index is 0.0718. The van der Waals surface area contributed by atoms with Gasteiger partial charge in [0.15, 0.2) is 0 Å². The molecule has 1 saturated carbocycles. The van der Waals surface area contributed by atoms with Crippen molar-refractivity contribution in [3.63, 3.8) is 0 Å². The molecule has 0 atom stereocenters. The van der Waals surface area contributed by atoms with Gasteiger partial charge in [-0.15, -0.1) is 6.58 Å². The van der Waals surface area contributed by atoms with Crippen LogP contribution in [0.5, 0.6) is 0 Å². The first-order valence-electron chi connectivity index (χ1n) is 7.15. The summed E-state index contributed by atoms with van der Waals surface area (Å²) in [7, 11) is 1.99. The minimum Gasteiger partial charge on any atom is -0.314 e. The van der Waals surface area contributed by atoms with Gasteiger partial charge in [0, 0.05) is 22.9 Å². The first-order valence-corrected chi connectivity index (χ1v) is 7.53. The summed E-state index contributed by atoms with van der Waals surface area (Å²) in [6.45, 7) is 3.67. The lowest BCUT2D eigenvalue weighted by Crippen LogP contribution is -2.57. The molecule has 1 aromatic rings. The van der Waals surface area contributed by atoms with Gasteiger partial charge in [-0.2, -0.15) is 0 Å². The molecule has 0 aliphatic heterocycles. The second-order valence-corrected chi connectivity index (χ2v) is 6.17. The zero-order valence-corrected chi connectivity index (χ0v) is 12.7. The highest BCUT2D eigenvalue weighted by Crippen LogP contribution is 2.41. The van der Waals surface area contributed by atoms with Gasteiger partial charge < -0.3 is 5.32 Å². The van der Waals surface area contributed by atoms with Gasteiger partial charge in [0.2, 0.25) is 0 Å². The quantitative estimate of drug-likeness (QED) is 0.775. The van der Waals surface area contributed by atoms with E-state index in [1.807, 2.05) is 25.3 Å². The summed E-state index contributed by atoms with van der Waals surface area (Å²) in [5.74, 6) is 0.599. The third-order valence-electron chi connectivity index (χ3n) is 4.31. The molecule has 1 aliphatic rings. The molecule has 1 fully saturated rings. The van der Waals surface area contributed by atoms with Crippen LogP contribution >= 0.6 is 11.6 Å². The van der Waals surface area contributed by atoms with Crippen molar-refractivity contribution in [3.8, 4) is 0 Å². The highest BCUT2D eigenvalue weighted by atomic mass is 35.5. The molecule has 20 heavy (non-hydrogen) atoms. The van der Waals surface area contributed by atoms with Gasteiger partial charge in [0.1, 0.15) is 5.78 Å². The van der Waals surface area contributed by atoms with Crippen LogP contribution in [-0.2, 0) is 11.2 Å². The predicted molar refractivity (Wildman–Crippen MR) is 84.1 cm³/mol. The second kappa shape index (κ2) is 6.55. The summed E-state index contributed by atoms with van der Waals surface area (Å²) >= 11 is 5.91. The molecule has 0 aromatic heterocycles. The van der Waals surface area contributed by atoms with Crippen LogP contribution in [0.1, 0.15) is 31.2 Å². The molecule has 0 bridgehead atoms. The fourth-order valence-corrected chi connectivity index (χ4v) is 3.12. The maximum Gasteiger partial charge on any atom is 0.136 e. The van der Waals surface area contributed by atoms with Crippen molar-refractivity contribution in [1.82, 2.24) is 5.32 Å². The fourth-order valence-electron chi connectivity index (χ4n) is 2.99. The number of hydrogen-bond donors (Lipinski definition) is 1. The number of likely N-dealkylation sites (N-methyl/N-ethyl adjacent to an activating group) is 1. The summed E-state index contributed by atoms with van der Waals surface area (Å²) in [5, 5.41) is 4.18. The van der Waals surface area contributed by atoms with E-state index >= 15 is 0 Å². The number of hydrogen-bond acceptors (Lipinski definition) is 2. The van der Waals surface area contributed by atoms with Crippen molar-refractivity contribution in [2.75, 3.05) is 7.05 Å². The molecule has 0 unspecified atom stereocenters. The standard InChI is InChI=1S/C17H22ClNO/c1-3-4-5-16(20)14-11-17(12-14,19-2)10-13-6-8-15(18)9-7-13/h3,6-9,14,19H,1,4-5,10-12H2,2H3. The van der Waals surface area contributed by atoms with Gasteiger partial charge in [-0.1, -0.05) is 29.8 Å². The van der Waals surface area contributed by atoms with E-state index in [1.165, 1.54) is 5.56 Å². The molecule has 1 aliphatic carbocycles. The lowest BCUT2D eigenvalue weighted by molar-refractivity contribution is -0.128. The number of nitrogens with one attached hydrogen (secondary N) is 1. The summed E-state index contributed by atoms with van der Waals surface area (Å²) in [4.78, 5) is 12.0. The Morgan fingerprint density at radius 2 is 2.10 bits per heavy atom. The van der Waals surface area contributed by atoms with Crippen molar-refractivity contribution in [2.24, 2.45) is 5.92 Å². The summed E-state index contributed by atoms with van der Waals surface area (Å²) in [5.41, 5.74) is 1.34. The number of Topliss-reactive ketones (excluding diaryl/α,β-unsaturated/α-hetero) is 1. The van der Waals surface area contributed by atoms with Crippen molar-refractivity contribution in [3.05, 3.63) is 47.5 Å². The molecule has 0 saturated heterocycles. The molecule has 2 nitrogen and oxygen atoms in total. The van der Waals surface area contributed by atoms with Crippen LogP contribution in [-0.4, -0.2) is 18.4 Å². The number of rotatable bonds is 7. The van der Waals surface area contributed by atoms with Gasteiger partial charge in [-0.05, 0) is 50.4 Å². The van der Waals surface area contributed by atoms with E-state index in [9.17, 15) is 4.79 Å². The van der Waals surface area contributed by atoms with E-state index < -0.39 is 0 Å². The Morgan fingerprint density at radius 3 is 2.65 bits per heavy atom. The van der Waals surface area contributed by atoms with E-state index in [0.717, 1.165) is 30.7 Å². The number of halogens is 1. The van der Waals surface area contributed by atoms with Crippen molar-refractivity contribution in [1.29, 1.82) is 0 Å². The normalized spacial score (nSPS) is 25.0. The Hall–Kier alpha value is -1.12. The number of allylic oxidation sites excluding steroid dienone is 1. The molecular weight excluding hydrogens is 270 g/mol. The van der Waals surface area contributed by atoms with Crippen LogP contribution in [0.25, 0.3) is 0 Å². The Kier molecular flexibility index (Phi) is 5.00. The van der Waals surface area contributed by atoms with E-state index in [0.29, 0.717) is 12.2 Å². The number of carbonyl (C=O) groups is 1. The molecule has 108 valence electrons. The fraction of sp³-hybridized carbons (Fsp3) is 0.471. The van der Waals surface area contributed by atoms with Crippen LogP contribution in [0.2, 0.25) is 5.02 Å². The zero-order chi connectivity index (χ0) is 14.6. The van der Waals surface area contributed by atoms with E-state index in [2.05, 4.69) is 24.0 Å². The molecule has 1 N–H and O–H groups in total. The summed E-state index contributed by atoms with van der Waals surface area (Å²) in [6, 6.07) is 7.97. The maximum absolute atomic E-state index is 12.0. The lowest BCUT2D eigenvalue weighted by Gasteiger charge is -2.47. The number of benzene rings is 1. The minimum absolute atomic E-state index is 0.0718. The van der Waals surface area contributed by atoms with Crippen molar-refractivity contribution >= 4 is 17.4 Å². The zero-order valence-electron chi connectivity index (χ0n) is 12.0. The molecule has 0 spiro atoms. The molecule has 2 rings (SSSR count). The van der Waals surface area contributed by atoms with E-state index in [1.54, 1.807) is 0 Å². The first-order chi connectivity index (χ1) is 9.58. The Balaban J connectivity index is 1.92. The second-order valence-electron chi connectivity index (χ2n) is 5.73. The summed E-state index contributed by atoms with van der Waals surface area (Å²) < 4.78 is 0. The van der Waals surface area contributed by atoms with Gasteiger partial charge >= 0.3 is 0 Å². The SMILES string of the molecule is C=CCCC(=O)C1CC(Cc2ccc(Cl)cc2)(NC)C1. The van der Waals surface area contributed by atoms with Crippen LogP contribution in [0.15, 0.2) is 36.9 Å². The highest BCUT2D eigenvalue weighted by molar-refractivity contribution is 6.30. The Bertz CT molecular complexity index is 474. The average molecular weight is 292 g/mol. The number of ketones is 1. The smallest absolute Gasteiger partial charge is 0.136 e. The molecule has 0 heterocycles. The van der Waals surface area contributed by atoms with Crippen LogP contribution < -0.4 is 5.32 Å². The molecular formula is C17H22ClNO. The lowest BCUT2D eigenvalue weighted by atomic mass is 9.63. The third kappa shape index (κ3) is 3.50. The molecule has 0 radical (unpaired) electrons. The molecule has 0 amide bonds. The van der Waals surface area contributed by atoms with Crippen LogP contribution in [0.4, 0.5) is 0 Å². The topological polar surface area (TPSA) is 29.1 Å². The highest BCUT2D eigenvalue weighted by Gasteiger charge is 2.45. The first kappa shape index (κ1) is 15.3. The molecule has 3 heteroatoms. The van der Waals surface area contributed by atoms with Crippen molar-refractivity contribution < 1.29 is 4.79 Å². The Morgan fingerprint density at radius 1 is 1.45 bits per heavy atom. The summed E-state index contributed by atoms with van der Waals surface area (Å²) in [6.07, 6.45) is 6.06. The van der Waals surface area contributed by atoms with E-state index in [4.69, 9.17) is 11.6 Å². The largest absolute Gasteiger partial charge is 0.314 e. The Labute approximate surface area is 126 Å². The maximum atomic E-state index is 12.0. The van der Waals surface area contributed by atoms with Gasteiger partial charge in [-0.3, -0.25) is 4.79 Å². The number of carbonyl (C=O) groups excluding carboxylic acids is 1. The monoisotopic (exact) mass is 291 g/mol. The third-order valence-corrected chi connectivity index (χ3v) is 4.56. The van der Waals surface area contributed by atoms with E-state index in [-0.39, 0.29) is 11.5 Å². The predicted octanol–water partition coefficient (Wildman–Crippen LogP) is 3.79. The average Bonchev–Trinajstić information content (AvgIpc) is 2.42. The van der Waals surface area contributed by atoms with Crippen molar-refractivity contribution in [2.45, 2.75) is 37.6 Å². The van der Waals surface area contributed by atoms with Gasteiger partial charge in [-0.25, -0.2) is 0 Å². The van der Waals surface area contributed by atoms with Gasteiger partial charge in [0.05, 0.1) is 0 Å². The van der Waals surface area contributed by atoms with Crippen LogP contribution in [0, 0.1) is 5.92 Å². The van der Waals surface area contributed by atoms with Gasteiger partial charge in [0.25, 0.3) is 0 Å². The van der Waals surface area contributed by atoms with Crippen LogP contribution in [0.3, 0.4) is 0 Å².